The maximum absolute atomic E-state index is 13.1. The van der Waals surface area contributed by atoms with Gasteiger partial charge in [0, 0.05) is 30.8 Å². The van der Waals surface area contributed by atoms with Gasteiger partial charge in [0.25, 0.3) is 5.56 Å². The minimum atomic E-state index is -0.0293. The Hall–Kier alpha value is -2.58. The lowest BCUT2D eigenvalue weighted by molar-refractivity contribution is 0.0484. The minimum absolute atomic E-state index is 0.0228. The fraction of sp³-hybridized carbons (Fsp3) is 0.615. The van der Waals surface area contributed by atoms with Crippen LogP contribution in [0.3, 0.4) is 0 Å². The molecule has 34 heavy (non-hydrogen) atoms. The van der Waals surface area contributed by atoms with Crippen molar-refractivity contribution in [3.63, 3.8) is 0 Å². The van der Waals surface area contributed by atoms with Crippen LogP contribution < -0.4 is 5.56 Å². The lowest BCUT2D eigenvalue weighted by Crippen LogP contribution is -2.38. The highest BCUT2D eigenvalue weighted by Crippen LogP contribution is 2.33. The third-order valence-electron chi connectivity index (χ3n) is 7.69. The van der Waals surface area contributed by atoms with E-state index in [0.717, 1.165) is 67.5 Å². The first-order chi connectivity index (χ1) is 16.5. The van der Waals surface area contributed by atoms with Gasteiger partial charge in [-0.05, 0) is 91.1 Å². The SMILES string of the molecule is CCC(c1nnnn1C1CCCC1)N(Cc1cc2cc(C)c(C)cc2[nH]c1=O)CC1CCCO1. The van der Waals surface area contributed by atoms with Crippen LogP contribution in [0.2, 0.25) is 0 Å². The molecule has 2 aliphatic rings. The molecule has 5 rings (SSSR count). The summed E-state index contributed by atoms with van der Waals surface area (Å²) in [6.07, 6.45) is 7.89. The Morgan fingerprint density at radius 1 is 1.15 bits per heavy atom. The molecule has 1 aliphatic carbocycles. The average molecular weight is 465 g/mol. The topological polar surface area (TPSA) is 88.9 Å². The standard InChI is InChI=1S/C26H36N6O2/c1-4-24(25-28-29-30-32(25)21-8-5-6-9-21)31(16-22-10-7-11-34-22)15-20-14-19-12-17(2)18(3)13-23(19)27-26(20)33/h12-14,21-22,24H,4-11,15-16H2,1-3H3,(H,27,33). The molecule has 2 unspecified atom stereocenters. The van der Waals surface area contributed by atoms with Crippen molar-refractivity contribution in [1.82, 2.24) is 30.1 Å². The second-order valence-corrected chi connectivity index (χ2v) is 10.1. The number of nitrogens with zero attached hydrogens (tertiary/aromatic N) is 5. The Labute approximate surface area is 200 Å². The molecular weight excluding hydrogens is 428 g/mol. The zero-order valence-electron chi connectivity index (χ0n) is 20.6. The molecule has 0 amide bonds. The van der Waals surface area contributed by atoms with Crippen molar-refractivity contribution in [2.75, 3.05) is 13.2 Å². The summed E-state index contributed by atoms with van der Waals surface area (Å²) in [6, 6.07) is 6.67. The van der Waals surface area contributed by atoms with Crippen molar-refractivity contribution in [2.45, 2.75) is 90.4 Å². The number of tetrazole rings is 1. The van der Waals surface area contributed by atoms with Gasteiger partial charge >= 0.3 is 0 Å². The summed E-state index contributed by atoms with van der Waals surface area (Å²) in [4.78, 5) is 18.6. The molecule has 1 aliphatic heterocycles. The summed E-state index contributed by atoms with van der Waals surface area (Å²) in [5.41, 5.74) is 4.04. The van der Waals surface area contributed by atoms with E-state index in [9.17, 15) is 4.79 Å². The first-order valence-corrected chi connectivity index (χ1v) is 12.8. The van der Waals surface area contributed by atoms with E-state index >= 15 is 0 Å². The number of H-pyrrole nitrogens is 1. The molecule has 1 saturated heterocycles. The molecule has 0 spiro atoms. The van der Waals surface area contributed by atoms with Gasteiger partial charge in [-0.3, -0.25) is 9.69 Å². The molecule has 1 aromatic carbocycles. The Kier molecular flexibility index (Phi) is 6.79. The van der Waals surface area contributed by atoms with Crippen LogP contribution >= 0.6 is 0 Å². The molecule has 0 radical (unpaired) electrons. The van der Waals surface area contributed by atoms with Crippen LogP contribution in [0, 0.1) is 13.8 Å². The summed E-state index contributed by atoms with van der Waals surface area (Å²) in [7, 11) is 0. The fourth-order valence-electron chi connectivity index (χ4n) is 5.64. The fourth-order valence-corrected chi connectivity index (χ4v) is 5.64. The summed E-state index contributed by atoms with van der Waals surface area (Å²) >= 11 is 0. The van der Waals surface area contributed by atoms with Crippen LogP contribution in [0.25, 0.3) is 10.9 Å². The van der Waals surface area contributed by atoms with Crippen LogP contribution in [0.15, 0.2) is 23.0 Å². The van der Waals surface area contributed by atoms with Crippen LogP contribution in [-0.2, 0) is 11.3 Å². The van der Waals surface area contributed by atoms with Crippen molar-refractivity contribution in [3.05, 3.63) is 51.1 Å². The number of pyridine rings is 1. The van der Waals surface area contributed by atoms with Gasteiger partial charge in [-0.15, -0.1) is 5.10 Å². The lowest BCUT2D eigenvalue weighted by atomic mass is 10.0. The number of benzene rings is 1. The molecule has 1 N–H and O–H groups in total. The van der Waals surface area contributed by atoms with E-state index in [1.807, 2.05) is 0 Å². The molecule has 2 fully saturated rings. The van der Waals surface area contributed by atoms with Gasteiger partial charge in [0.1, 0.15) is 0 Å². The number of aromatic amines is 1. The van der Waals surface area contributed by atoms with Crippen molar-refractivity contribution >= 4 is 10.9 Å². The summed E-state index contributed by atoms with van der Waals surface area (Å²) in [5.74, 6) is 0.913. The van der Waals surface area contributed by atoms with E-state index in [4.69, 9.17) is 4.74 Å². The van der Waals surface area contributed by atoms with Crippen LogP contribution in [0.4, 0.5) is 0 Å². The highest BCUT2D eigenvalue weighted by Gasteiger charge is 2.31. The van der Waals surface area contributed by atoms with E-state index in [0.29, 0.717) is 12.6 Å². The highest BCUT2D eigenvalue weighted by atomic mass is 16.5. The summed E-state index contributed by atoms with van der Waals surface area (Å²) < 4.78 is 8.06. The second kappa shape index (κ2) is 9.96. The first-order valence-electron chi connectivity index (χ1n) is 12.8. The number of aromatic nitrogens is 5. The quantitative estimate of drug-likeness (QED) is 0.532. The number of rotatable bonds is 8. The predicted octanol–water partition coefficient (Wildman–Crippen LogP) is 4.38. The van der Waals surface area contributed by atoms with Crippen molar-refractivity contribution in [1.29, 1.82) is 0 Å². The van der Waals surface area contributed by atoms with E-state index in [-0.39, 0.29) is 17.7 Å². The van der Waals surface area contributed by atoms with E-state index < -0.39 is 0 Å². The first kappa shape index (κ1) is 23.2. The number of hydrogen-bond acceptors (Lipinski definition) is 6. The van der Waals surface area contributed by atoms with Gasteiger partial charge in [0.2, 0.25) is 0 Å². The molecule has 2 atom stereocenters. The third-order valence-corrected chi connectivity index (χ3v) is 7.69. The zero-order valence-corrected chi connectivity index (χ0v) is 20.6. The molecule has 2 aromatic heterocycles. The Bertz CT molecular complexity index is 1190. The van der Waals surface area contributed by atoms with Gasteiger partial charge in [0.05, 0.1) is 18.2 Å². The lowest BCUT2D eigenvalue weighted by Gasteiger charge is -2.32. The Balaban J connectivity index is 1.50. The van der Waals surface area contributed by atoms with Crippen molar-refractivity contribution in [2.24, 2.45) is 0 Å². The zero-order chi connectivity index (χ0) is 23.7. The number of hydrogen-bond donors (Lipinski definition) is 1. The molecule has 0 bridgehead atoms. The van der Waals surface area contributed by atoms with Gasteiger partial charge < -0.3 is 9.72 Å². The maximum Gasteiger partial charge on any atom is 0.252 e. The van der Waals surface area contributed by atoms with Crippen molar-refractivity contribution in [3.8, 4) is 0 Å². The minimum Gasteiger partial charge on any atom is -0.377 e. The normalized spacial score (nSPS) is 20.1. The van der Waals surface area contributed by atoms with Crippen molar-refractivity contribution < 1.29 is 4.74 Å². The number of fused-ring (bicyclic) bond motifs is 1. The summed E-state index contributed by atoms with van der Waals surface area (Å²) in [5, 5.41) is 14.0. The molecule has 182 valence electrons. The number of ether oxygens (including phenoxy) is 1. The van der Waals surface area contributed by atoms with Gasteiger partial charge in [0.15, 0.2) is 5.82 Å². The maximum atomic E-state index is 13.1. The number of aryl methyl sites for hydroxylation is 2. The van der Waals surface area contributed by atoms with E-state index in [1.54, 1.807) is 0 Å². The van der Waals surface area contributed by atoms with E-state index in [2.05, 4.69) is 69.1 Å². The molecule has 8 heteroatoms. The molecule has 1 saturated carbocycles. The largest absolute Gasteiger partial charge is 0.377 e. The van der Waals surface area contributed by atoms with Gasteiger partial charge in [-0.25, -0.2) is 4.68 Å². The second-order valence-electron chi connectivity index (χ2n) is 10.1. The smallest absolute Gasteiger partial charge is 0.252 e. The molecular formula is C26H36N6O2. The van der Waals surface area contributed by atoms with E-state index in [1.165, 1.54) is 24.0 Å². The molecule has 3 aromatic rings. The van der Waals surface area contributed by atoms with Gasteiger partial charge in [-0.1, -0.05) is 19.8 Å². The number of nitrogens with one attached hydrogen (secondary N) is 1. The molecule has 8 nitrogen and oxygen atoms in total. The Morgan fingerprint density at radius 3 is 2.68 bits per heavy atom. The predicted molar refractivity (Wildman–Crippen MR) is 132 cm³/mol. The monoisotopic (exact) mass is 464 g/mol. The van der Waals surface area contributed by atoms with Crippen LogP contribution in [-0.4, -0.2) is 49.3 Å². The van der Waals surface area contributed by atoms with Crippen LogP contribution in [0.1, 0.15) is 86.5 Å². The molecule has 3 heterocycles. The Morgan fingerprint density at radius 2 is 1.94 bits per heavy atom. The highest BCUT2D eigenvalue weighted by molar-refractivity contribution is 5.80. The summed E-state index contributed by atoms with van der Waals surface area (Å²) in [6.45, 7) is 8.47. The van der Waals surface area contributed by atoms with Gasteiger partial charge in [-0.2, -0.15) is 0 Å². The average Bonchev–Trinajstić information content (AvgIpc) is 3.59. The van der Waals surface area contributed by atoms with Crippen LogP contribution in [0.5, 0.6) is 0 Å². The third kappa shape index (κ3) is 4.66.